The smallest absolute Gasteiger partial charge is 0.314 e. The first-order chi connectivity index (χ1) is 9.08. The van der Waals surface area contributed by atoms with E-state index in [4.69, 9.17) is 4.74 Å². The molecule has 106 valence electrons. The molecule has 2 N–H and O–H groups in total. The van der Waals surface area contributed by atoms with Crippen molar-refractivity contribution in [1.82, 2.24) is 10.6 Å². The van der Waals surface area contributed by atoms with E-state index < -0.39 is 0 Å². The third kappa shape index (κ3) is 4.81. The lowest BCUT2D eigenvalue weighted by Gasteiger charge is -2.13. The van der Waals surface area contributed by atoms with Gasteiger partial charge in [0.25, 0.3) is 0 Å². The van der Waals surface area contributed by atoms with E-state index in [9.17, 15) is 4.79 Å². The predicted octanol–water partition coefficient (Wildman–Crippen LogP) is 2.56. The summed E-state index contributed by atoms with van der Waals surface area (Å²) in [5.74, 6) is 0.897. The number of methoxy groups -OCH3 is 1. The van der Waals surface area contributed by atoms with E-state index in [1.54, 1.807) is 7.11 Å². The van der Waals surface area contributed by atoms with Crippen LogP contribution in [0.4, 0.5) is 4.79 Å². The monoisotopic (exact) mass is 264 g/mol. The molecule has 0 atom stereocenters. The summed E-state index contributed by atoms with van der Waals surface area (Å²) in [6.45, 7) is 7.47. The maximum absolute atomic E-state index is 11.4. The van der Waals surface area contributed by atoms with Crippen LogP contribution in [-0.4, -0.2) is 26.2 Å². The molecule has 0 aromatic heterocycles. The van der Waals surface area contributed by atoms with Crippen LogP contribution in [0.2, 0.25) is 0 Å². The molecule has 0 aliphatic heterocycles. The van der Waals surface area contributed by atoms with E-state index in [0.29, 0.717) is 13.1 Å². The van der Waals surface area contributed by atoms with Gasteiger partial charge >= 0.3 is 6.03 Å². The maximum atomic E-state index is 11.4. The number of nitrogens with one attached hydrogen (secondary N) is 2. The molecule has 0 saturated heterocycles. The molecule has 0 spiro atoms. The molecule has 0 bridgehead atoms. The first kappa shape index (κ1) is 15.3. The Labute approximate surface area is 115 Å². The Bertz CT molecular complexity index is 430. The second-order valence-electron chi connectivity index (χ2n) is 4.70. The number of amides is 2. The fourth-order valence-electron chi connectivity index (χ4n) is 2.06. The van der Waals surface area contributed by atoms with Crippen LogP contribution in [0.5, 0.6) is 5.75 Å². The quantitative estimate of drug-likeness (QED) is 0.829. The van der Waals surface area contributed by atoms with Crippen molar-refractivity contribution in [3.63, 3.8) is 0 Å². The topological polar surface area (TPSA) is 50.4 Å². The molecule has 1 rings (SSSR count). The van der Waals surface area contributed by atoms with E-state index in [-0.39, 0.29) is 6.03 Å². The minimum atomic E-state index is -0.106. The van der Waals surface area contributed by atoms with Crippen LogP contribution in [0.3, 0.4) is 0 Å². The number of ether oxygens (including phenoxy) is 1. The molecule has 1 aromatic rings. The van der Waals surface area contributed by atoms with Crippen molar-refractivity contribution in [2.45, 2.75) is 33.6 Å². The number of urea groups is 1. The van der Waals surface area contributed by atoms with Crippen LogP contribution in [0.25, 0.3) is 0 Å². The minimum Gasteiger partial charge on any atom is -0.496 e. The minimum absolute atomic E-state index is 0.106. The molecule has 2 amide bonds. The standard InChI is InChI=1S/C15H24N2O2/c1-5-7-16-15(18)17-8-6-13-12(3)9-11(2)10-14(13)19-4/h9-10H,5-8H2,1-4H3,(H2,16,17,18). The highest BCUT2D eigenvalue weighted by atomic mass is 16.5. The molecule has 0 heterocycles. The number of carbonyl (C=O) groups is 1. The molecule has 0 saturated carbocycles. The summed E-state index contributed by atoms with van der Waals surface area (Å²) in [7, 11) is 1.68. The van der Waals surface area contributed by atoms with Crippen molar-refractivity contribution >= 4 is 6.03 Å². The van der Waals surface area contributed by atoms with Gasteiger partial charge in [-0.05, 0) is 49.4 Å². The highest BCUT2D eigenvalue weighted by molar-refractivity contribution is 5.73. The molecular weight excluding hydrogens is 240 g/mol. The van der Waals surface area contributed by atoms with Crippen molar-refractivity contribution < 1.29 is 9.53 Å². The van der Waals surface area contributed by atoms with Crippen molar-refractivity contribution in [2.75, 3.05) is 20.2 Å². The normalized spacial score (nSPS) is 10.1. The van der Waals surface area contributed by atoms with Crippen molar-refractivity contribution in [2.24, 2.45) is 0 Å². The molecule has 4 nitrogen and oxygen atoms in total. The summed E-state index contributed by atoms with van der Waals surface area (Å²) in [5.41, 5.74) is 3.54. The van der Waals surface area contributed by atoms with Crippen LogP contribution in [-0.2, 0) is 6.42 Å². The molecule has 0 radical (unpaired) electrons. The lowest BCUT2D eigenvalue weighted by molar-refractivity contribution is 0.241. The second-order valence-corrected chi connectivity index (χ2v) is 4.70. The first-order valence-corrected chi connectivity index (χ1v) is 6.74. The van der Waals surface area contributed by atoms with E-state index in [1.807, 2.05) is 13.0 Å². The molecular formula is C15H24N2O2. The van der Waals surface area contributed by atoms with Gasteiger partial charge in [0.1, 0.15) is 5.75 Å². The van der Waals surface area contributed by atoms with Crippen LogP contribution in [0, 0.1) is 13.8 Å². The molecule has 19 heavy (non-hydrogen) atoms. The Hall–Kier alpha value is -1.71. The Morgan fingerprint density at radius 2 is 1.89 bits per heavy atom. The lowest BCUT2D eigenvalue weighted by atomic mass is 10.0. The van der Waals surface area contributed by atoms with Crippen molar-refractivity contribution in [3.05, 3.63) is 28.8 Å². The van der Waals surface area contributed by atoms with Crippen molar-refractivity contribution in [1.29, 1.82) is 0 Å². The van der Waals surface area contributed by atoms with Gasteiger partial charge in [-0.1, -0.05) is 13.0 Å². The summed E-state index contributed by atoms with van der Waals surface area (Å²) < 4.78 is 5.40. The zero-order valence-electron chi connectivity index (χ0n) is 12.3. The van der Waals surface area contributed by atoms with Gasteiger partial charge in [0.2, 0.25) is 0 Å². The molecule has 0 unspecified atom stereocenters. The van der Waals surface area contributed by atoms with Gasteiger partial charge in [-0.25, -0.2) is 4.79 Å². The Kier molecular flexibility index (Phi) is 6.19. The van der Waals surface area contributed by atoms with Gasteiger partial charge < -0.3 is 15.4 Å². The second kappa shape index (κ2) is 7.67. The summed E-state index contributed by atoms with van der Waals surface area (Å²) in [6, 6.07) is 4.06. The third-order valence-corrected chi connectivity index (χ3v) is 2.99. The Morgan fingerprint density at radius 1 is 1.21 bits per heavy atom. The molecule has 0 fully saturated rings. The van der Waals surface area contributed by atoms with Crippen molar-refractivity contribution in [3.8, 4) is 5.75 Å². The van der Waals surface area contributed by atoms with Gasteiger partial charge in [-0.15, -0.1) is 0 Å². The average molecular weight is 264 g/mol. The SMILES string of the molecule is CCCNC(=O)NCCc1c(C)cc(C)cc1OC. The molecule has 0 aliphatic rings. The zero-order chi connectivity index (χ0) is 14.3. The number of carbonyl (C=O) groups excluding carboxylic acids is 1. The lowest BCUT2D eigenvalue weighted by Crippen LogP contribution is -2.37. The Balaban J connectivity index is 2.55. The molecule has 1 aromatic carbocycles. The van der Waals surface area contributed by atoms with E-state index in [0.717, 1.165) is 24.2 Å². The highest BCUT2D eigenvalue weighted by Gasteiger charge is 2.08. The van der Waals surface area contributed by atoms with Crippen LogP contribution in [0.1, 0.15) is 30.0 Å². The summed E-state index contributed by atoms with van der Waals surface area (Å²) in [6.07, 6.45) is 1.72. The van der Waals surface area contributed by atoms with Crippen LogP contribution >= 0.6 is 0 Å². The van der Waals surface area contributed by atoms with Gasteiger partial charge in [-0.2, -0.15) is 0 Å². The highest BCUT2D eigenvalue weighted by Crippen LogP contribution is 2.24. The summed E-state index contributed by atoms with van der Waals surface area (Å²) in [4.78, 5) is 11.4. The Morgan fingerprint density at radius 3 is 2.53 bits per heavy atom. The number of hydrogen-bond acceptors (Lipinski definition) is 2. The van der Waals surface area contributed by atoms with E-state index >= 15 is 0 Å². The predicted molar refractivity (Wildman–Crippen MR) is 77.9 cm³/mol. The average Bonchev–Trinajstić information content (AvgIpc) is 2.38. The fraction of sp³-hybridized carbons (Fsp3) is 0.533. The molecule has 4 heteroatoms. The summed E-state index contributed by atoms with van der Waals surface area (Å²) in [5, 5.41) is 5.64. The van der Waals surface area contributed by atoms with Gasteiger partial charge in [0.05, 0.1) is 7.11 Å². The number of benzene rings is 1. The van der Waals surface area contributed by atoms with Gasteiger partial charge in [0, 0.05) is 13.1 Å². The van der Waals surface area contributed by atoms with Crippen LogP contribution < -0.4 is 15.4 Å². The number of hydrogen-bond donors (Lipinski definition) is 2. The largest absolute Gasteiger partial charge is 0.496 e. The maximum Gasteiger partial charge on any atom is 0.314 e. The molecule has 0 aliphatic carbocycles. The van der Waals surface area contributed by atoms with E-state index in [2.05, 4.69) is 30.5 Å². The van der Waals surface area contributed by atoms with E-state index in [1.165, 1.54) is 11.1 Å². The third-order valence-electron chi connectivity index (χ3n) is 2.99. The first-order valence-electron chi connectivity index (χ1n) is 6.74. The number of rotatable bonds is 6. The zero-order valence-corrected chi connectivity index (χ0v) is 12.3. The van der Waals surface area contributed by atoms with Gasteiger partial charge in [-0.3, -0.25) is 0 Å². The van der Waals surface area contributed by atoms with Gasteiger partial charge in [0.15, 0.2) is 0 Å². The summed E-state index contributed by atoms with van der Waals surface area (Å²) >= 11 is 0. The van der Waals surface area contributed by atoms with Crippen LogP contribution in [0.15, 0.2) is 12.1 Å². The number of aryl methyl sites for hydroxylation is 2. The fourth-order valence-corrected chi connectivity index (χ4v) is 2.06.